The molecule has 0 aliphatic carbocycles. The molecule has 0 spiro atoms. The highest BCUT2D eigenvalue weighted by Crippen LogP contribution is 2.24. The summed E-state index contributed by atoms with van der Waals surface area (Å²) in [4.78, 5) is 26.6. The lowest BCUT2D eigenvalue weighted by Gasteiger charge is -2.08. The number of hydrogen-bond donors (Lipinski definition) is 3. The molecule has 0 unspecified atom stereocenters. The van der Waals surface area contributed by atoms with Crippen molar-refractivity contribution in [2.45, 2.75) is 12.8 Å². The molecule has 1 heterocycles. The fourth-order valence-corrected chi connectivity index (χ4v) is 4.14. The van der Waals surface area contributed by atoms with Crippen molar-refractivity contribution in [2.75, 3.05) is 6.54 Å². The van der Waals surface area contributed by atoms with Crippen LogP contribution in [0.1, 0.15) is 26.4 Å². The maximum absolute atomic E-state index is 12.5. The summed E-state index contributed by atoms with van der Waals surface area (Å²) in [7, 11) is 0. The maximum Gasteiger partial charge on any atom is 0.307 e. The van der Waals surface area contributed by atoms with Crippen molar-refractivity contribution in [3.63, 3.8) is 0 Å². The van der Waals surface area contributed by atoms with Crippen LogP contribution < -0.4 is 10.2 Å². The number of aromatic hydroxyl groups is 1. The Labute approximate surface area is 184 Å². The van der Waals surface area contributed by atoms with Gasteiger partial charge in [-0.1, -0.05) is 78.1 Å². The molecule has 156 valence electrons. The number of nitrogens with one attached hydrogen (secondary N) is 2. The van der Waals surface area contributed by atoms with Crippen LogP contribution in [0.5, 0.6) is 5.88 Å². The molecular formula is C25H22N2O3S. The first-order valence-electron chi connectivity index (χ1n) is 10.0. The zero-order valence-corrected chi connectivity index (χ0v) is 17.6. The molecule has 0 bridgehead atoms. The molecule has 1 aromatic heterocycles. The van der Waals surface area contributed by atoms with E-state index in [1.54, 1.807) is 0 Å². The highest BCUT2D eigenvalue weighted by molar-refractivity contribution is 7.09. The number of carbonyl (C=O) groups excluding carboxylic acids is 1. The van der Waals surface area contributed by atoms with Gasteiger partial charge in [-0.05, 0) is 40.8 Å². The Morgan fingerprint density at radius 2 is 1.68 bits per heavy atom. The van der Waals surface area contributed by atoms with E-state index in [1.165, 1.54) is 5.56 Å². The van der Waals surface area contributed by atoms with Gasteiger partial charge in [0.1, 0.15) is 0 Å². The molecule has 0 saturated heterocycles. The van der Waals surface area contributed by atoms with Crippen LogP contribution in [0.25, 0.3) is 11.1 Å². The molecule has 4 rings (SSSR count). The van der Waals surface area contributed by atoms with E-state index in [4.69, 9.17) is 0 Å². The number of aromatic amines is 1. The number of carbonyl (C=O) groups is 1. The zero-order valence-electron chi connectivity index (χ0n) is 16.8. The molecule has 0 aliphatic heterocycles. The summed E-state index contributed by atoms with van der Waals surface area (Å²) in [6, 6.07) is 25.5. The third-order valence-corrected chi connectivity index (χ3v) is 5.89. The van der Waals surface area contributed by atoms with Gasteiger partial charge in [0.05, 0.1) is 4.88 Å². The molecular weight excluding hydrogens is 408 g/mol. The fraction of sp³-hybridized carbons (Fsp3) is 0.120. The van der Waals surface area contributed by atoms with Crippen LogP contribution in [0.3, 0.4) is 0 Å². The van der Waals surface area contributed by atoms with Gasteiger partial charge in [-0.2, -0.15) is 0 Å². The molecule has 0 atom stereocenters. The summed E-state index contributed by atoms with van der Waals surface area (Å²) in [5, 5.41) is 12.7. The van der Waals surface area contributed by atoms with E-state index in [0.717, 1.165) is 34.4 Å². The molecule has 0 aliphatic rings. The van der Waals surface area contributed by atoms with Crippen LogP contribution in [0.2, 0.25) is 0 Å². The Morgan fingerprint density at radius 1 is 0.903 bits per heavy atom. The minimum Gasteiger partial charge on any atom is -0.494 e. The van der Waals surface area contributed by atoms with Crippen molar-refractivity contribution >= 4 is 17.2 Å². The van der Waals surface area contributed by atoms with Gasteiger partial charge in [0.25, 0.3) is 5.91 Å². The molecule has 1 amide bonds. The lowest BCUT2D eigenvalue weighted by Crippen LogP contribution is -2.25. The Balaban J connectivity index is 1.40. The SMILES string of the molecule is O=C(NCCc1ccccc1)c1cccc(-c2ccc(Cc3sc(=O)[nH]c3O)cc2)c1. The molecule has 5 nitrogen and oxygen atoms in total. The molecule has 0 saturated carbocycles. The number of aromatic nitrogens is 1. The Morgan fingerprint density at radius 3 is 2.39 bits per heavy atom. The number of hydrogen-bond acceptors (Lipinski definition) is 4. The minimum atomic E-state index is -0.261. The molecule has 4 aromatic rings. The fourth-order valence-electron chi connectivity index (χ4n) is 3.38. The summed E-state index contributed by atoms with van der Waals surface area (Å²) in [5.41, 5.74) is 4.75. The van der Waals surface area contributed by atoms with Gasteiger partial charge in [-0.15, -0.1) is 0 Å². The Kier molecular flexibility index (Phi) is 6.29. The van der Waals surface area contributed by atoms with Crippen LogP contribution in [0.4, 0.5) is 0 Å². The van der Waals surface area contributed by atoms with Crippen molar-refractivity contribution in [3.05, 3.63) is 110 Å². The van der Waals surface area contributed by atoms with Crippen LogP contribution >= 0.6 is 11.3 Å². The minimum absolute atomic E-state index is 0.0648. The maximum atomic E-state index is 12.5. The predicted molar refractivity (Wildman–Crippen MR) is 124 cm³/mol. The van der Waals surface area contributed by atoms with Gasteiger partial charge in [0, 0.05) is 18.5 Å². The normalized spacial score (nSPS) is 10.7. The number of rotatable bonds is 7. The van der Waals surface area contributed by atoms with E-state index >= 15 is 0 Å². The van der Waals surface area contributed by atoms with Crippen molar-refractivity contribution in [1.29, 1.82) is 0 Å². The summed E-state index contributed by atoms with van der Waals surface area (Å²) >= 11 is 1.01. The third-order valence-electron chi connectivity index (χ3n) is 5.02. The standard InChI is InChI=1S/C25H22N2O3S/c28-23(26-14-13-17-5-2-1-3-6-17)21-8-4-7-20(16-21)19-11-9-18(10-12-19)15-22-24(29)27-25(30)31-22/h1-12,16,29H,13-15H2,(H,26,28)(H,27,30). The van der Waals surface area contributed by atoms with Crippen LogP contribution in [0.15, 0.2) is 83.7 Å². The molecule has 0 fully saturated rings. The third kappa shape index (κ3) is 5.29. The quantitative estimate of drug-likeness (QED) is 0.407. The predicted octanol–water partition coefficient (Wildman–Crippen LogP) is 4.37. The number of thiazole rings is 1. The smallest absolute Gasteiger partial charge is 0.307 e. The van der Waals surface area contributed by atoms with Crippen LogP contribution in [-0.4, -0.2) is 22.5 Å². The van der Waals surface area contributed by atoms with Crippen molar-refractivity contribution in [3.8, 4) is 17.0 Å². The average Bonchev–Trinajstić information content (AvgIpc) is 3.11. The number of benzene rings is 3. The lowest BCUT2D eigenvalue weighted by atomic mass is 10.0. The summed E-state index contributed by atoms with van der Waals surface area (Å²) in [5.74, 6) is -0.155. The number of H-pyrrole nitrogens is 1. The summed E-state index contributed by atoms with van der Waals surface area (Å²) < 4.78 is 0. The van der Waals surface area contributed by atoms with Gasteiger partial charge < -0.3 is 10.4 Å². The highest BCUT2D eigenvalue weighted by Gasteiger charge is 2.09. The average molecular weight is 431 g/mol. The largest absolute Gasteiger partial charge is 0.494 e. The van der Waals surface area contributed by atoms with Gasteiger partial charge in [-0.3, -0.25) is 14.6 Å². The van der Waals surface area contributed by atoms with Crippen LogP contribution in [0, 0.1) is 0 Å². The van der Waals surface area contributed by atoms with Crippen molar-refractivity contribution in [2.24, 2.45) is 0 Å². The van der Waals surface area contributed by atoms with E-state index in [-0.39, 0.29) is 16.7 Å². The summed E-state index contributed by atoms with van der Waals surface area (Å²) in [6.07, 6.45) is 1.28. The highest BCUT2D eigenvalue weighted by atomic mass is 32.1. The molecule has 6 heteroatoms. The second kappa shape index (κ2) is 9.45. The molecule has 31 heavy (non-hydrogen) atoms. The topological polar surface area (TPSA) is 82.2 Å². The van der Waals surface area contributed by atoms with Crippen LogP contribution in [-0.2, 0) is 12.8 Å². The Bertz CT molecular complexity index is 1230. The molecule has 3 aromatic carbocycles. The molecule has 0 radical (unpaired) electrons. The van der Waals surface area contributed by atoms with Gasteiger partial charge >= 0.3 is 4.87 Å². The molecule has 3 N–H and O–H groups in total. The lowest BCUT2D eigenvalue weighted by molar-refractivity contribution is 0.0954. The first-order valence-corrected chi connectivity index (χ1v) is 10.8. The number of amides is 1. The second-order valence-electron chi connectivity index (χ2n) is 7.23. The first-order chi connectivity index (χ1) is 15.1. The van der Waals surface area contributed by atoms with Gasteiger partial charge in [0.15, 0.2) is 0 Å². The van der Waals surface area contributed by atoms with E-state index in [0.29, 0.717) is 23.4 Å². The second-order valence-corrected chi connectivity index (χ2v) is 8.30. The van der Waals surface area contributed by atoms with E-state index in [2.05, 4.69) is 10.3 Å². The van der Waals surface area contributed by atoms with E-state index in [1.807, 2.05) is 78.9 Å². The van der Waals surface area contributed by atoms with E-state index in [9.17, 15) is 14.7 Å². The van der Waals surface area contributed by atoms with E-state index < -0.39 is 0 Å². The Hall–Kier alpha value is -3.64. The first kappa shape index (κ1) is 20.6. The van der Waals surface area contributed by atoms with Gasteiger partial charge in [0.2, 0.25) is 5.88 Å². The summed E-state index contributed by atoms with van der Waals surface area (Å²) in [6.45, 7) is 0.583. The van der Waals surface area contributed by atoms with Crippen molar-refractivity contribution in [1.82, 2.24) is 10.3 Å². The van der Waals surface area contributed by atoms with Gasteiger partial charge in [-0.25, -0.2) is 0 Å². The van der Waals surface area contributed by atoms with Crippen molar-refractivity contribution < 1.29 is 9.90 Å². The monoisotopic (exact) mass is 430 g/mol. The zero-order chi connectivity index (χ0) is 21.6.